The Morgan fingerprint density at radius 2 is 2.00 bits per heavy atom. The van der Waals surface area contributed by atoms with Crippen LogP contribution in [0.4, 0.5) is 0 Å². The summed E-state index contributed by atoms with van der Waals surface area (Å²) in [7, 11) is 0. The molecule has 116 valence electrons. The van der Waals surface area contributed by atoms with E-state index in [-0.39, 0.29) is 17.4 Å². The molecule has 1 fully saturated rings. The minimum atomic E-state index is -0.527. The fourth-order valence-corrected chi connectivity index (χ4v) is 3.82. The predicted molar refractivity (Wildman–Crippen MR) is 80.2 cm³/mol. The summed E-state index contributed by atoms with van der Waals surface area (Å²) in [5.74, 6) is 1.05. The Hall–Kier alpha value is -1.29. The lowest BCUT2D eigenvalue weighted by Crippen LogP contribution is -2.32. The molecule has 0 saturated heterocycles. The summed E-state index contributed by atoms with van der Waals surface area (Å²) in [6, 6.07) is 0.278. The molecule has 4 nitrogen and oxygen atoms in total. The fraction of sp³-hybridized carbons (Fsp3) is 0.706. The van der Waals surface area contributed by atoms with Crippen LogP contribution in [0.25, 0.3) is 0 Å². The van der Waals surface area contributed by atoms with E-state index in [4.69, 9.17) is 4.42 Å². The van der Waals surface area contributed by atoms with E-state index in [0.717, 1.165) is 36.1 Å². The summed E-state index contributed by atoms with van der Waals surface area (Å²) in [6.07, 6.45) is 5.44. The van der Waals surface area contributed by atoms with E-state index in [0.29, 0.717) is 12.2 Å². The Kier molecular flexibility index (Phi) is 3.60. The lowest BCUT2D eigenvalue weighted by molar-refractivity contribution is 0.0875. The third-order valence-electron chi connectivity index (χ3n) is 4.89. The zero-order chi connectivity index (χ0) is 15.2. The first-order valence-corrected chi connectivity index (χ1v) is 7.98. The molecule has 21 heavy (non-hydrogen) atoms. The first-order chi connectivity index (χ1) is 9.87. The number of carbonyl (C=O) groups excluding carboxylic acids is 1. The molecule has 4 heteroatoms. The first-order valence-electron chi connectivity index (χ1n) is 7.98. The van der Waals surface area contributed by atoms with Gasteiger partial charge in [-0.3, -0.25) is 4.79 Å². The second kappa shape index (κ2) is 5.16. The quantitative estimate of drug-likeness (QED) is 0.879. The number of aliphatic hydroxyl groups excluding tert-OH is 1. The van der Waals surface area contributed by atoms with Crippen LogP contribution in [0.15, 0.2) is 4.42 Å². The number of rotatable bonds is 2. The maximum absolute atomic E-state index is 12.4. The molecule has 2 aliphatic carbocycles. The number of aliphatic hydroxyl groups is 1. The van der Waals surface area contributed by atoms with Crippen molar-refractivity contribution in [1.29, 1.82) is 0 Å². The smallest absolute Gasteiger partial charge is 0.287 e. The van der Waals surface area contributed by atoms with E-state index in [1.807, 2.05) is 6.92 Å². The van der Waals surface area contributed by atoms with Gasteiger partial charge in [-0.15, -0.1) is 0 Å². The largest absolute Gasteiger partial charge is 0.455 e. The Bertz CT molecular complexity index is 553. The molecule has 2 N–H and O–H groups in total. The molecule has 0 aliphatic heterocycles. The molecule has 0 unspecified atom stereocenters. The number of hydrogen-bond acceptors (Lipinski definition) is 3. The van der Waals surface area contributed by atoms with E-state index >= 15 is 0 Å². The molecule has 2 aliphatic rings. The normalized spacial score (nSPS) is 24.9. The Morgan fingerprint density at radius 1 is 1.33 bits per heavy atom. The van der Waals surface area contributed by atoms with Crippen molar-refractivity contribution in [2.75, 3.05) is 0 Å². The third kappa shape index (κ3) is 2.73. The Balaban J connectivity index is 1.85. The molecule has 0 spiro atoms. The van der Waals surface area contributed by atoms with Gasteiger partial charge in [0.1, 0.15) is 5.76 Å². The molecule has 1 heterocycles. The van der Waals surface area contributed by atoms with Crippen LogP contribution in [0.1, 0.15) is 79.5 Å². The van der Waals surface area contributed by atoms with Gasteiger partial charge < -0.3 is 14.8 Å². The molecule has 1 aromatic heterocycles. The summed E-state index contributed by atoms with van der Waals surface area (Å²) in [4.78, 5) is 12.4. The highest BCUT2D eigenvalue weighted by molar-refractivity contribution is 5.93. The van der Waals surface area contributed by atoms with Gasteiger partial charge in [-0.1, -0.05) is 26.7 Å². The lowest BCUT2D eigenvalue weighted by atomic mass is 9.75. The van der Waals surface area contributed by atoms with Gasteiger partial charge in [0.05, 0.1) is 6.10 Å². The zero-order valence-electron chi connectivity index (χ0n) is 13.2. The molecule has 0 radical (unpaired) electrons. The van der Waals surface area contributed by atoms with Crippen molar-refractivity contribution in [1.82, 2.24) is 5.32 Å². The van der Waals surface area contributed by atoms with Crippen molar-refractivity contribution in [2.24, 2.45) is 5.41 Å². The van der Waals surface area contributed by atoms with Gasteiger partial charge in [0.15, 0.2) is 5.76 Å². The van der Waals surface area contributed by atoms with Gasteiger partial charge in [-0.2, -0.15) is 0 Å². The van der Waals surface area contributed by atoms with Crippen LogP contribution in [0.5, 0.6) is 0 Å². The zero-order valence-corrected chi connectivity index (χ0v) is 13.2. The molecule has 3 rings (SSSR count). The predicted octanol–water partition coefficient (Wildman–Crippen LogP) is 3.27. The molecular formula is C17H25NO3. The highest BCUT2D eigenvalue weighted by atomic mass is 16.4. The number of amides is 1. The summed E-state index contributed by atoms with van der Waals surface area (Å²) in [6.45, 7) is 6.12. The number of fused-ring (bicyclic) bond motifs is 1. The van der Waals surface area contributed by atoms with Crippen LogP contribution in [0, 0.1) is 12.3 Å². The van der Waals surface area contributed by atoms with Crippen LogP contribution in [0.2, 0.25) is 0 Å². The Morgan fingerprint density at radius 3 is 2.67 bits per heavy atom. The molecule has 1 saturated carbocycles. The average Bonchev–Trinajstić information content (AvgIpc) is 2.95. The number of nitrogens with one attached hydrogen (secondary N) is 1. The fourth-order valence-electron chi connectivity index (χ4n) is 3.82. The van der Waals surface area contributed by atoms with Crippen LogP contribution in [-0.4, -0.2) is 17.1 Å². The summed E-state index contributed by atoms with van der Waals surface area (Å²) < 4.78 is 5.84. The standard InChI is InChI=1S/C17H25NO3/c1-10-14-12(19)8-17(2,3)9-13(14)21-15(10)16(20)18-11-6-4-5-7-11/h11-12,19H,4-9H2,1-3H3,(H,18,20)/t12-/m1/s1. The summed E-state index contributed by atoms with van der Waals surface area (Å²) >= 11 is 0. The van der Waals surface area contributed by atoms with Crippen molar-refractivity contribution < 1.29 is 14.3 Å². The van der Waals surface area contributed by atoms with Gasteiger partial charge in [0.2, 0.25) is 0 Å². The second-order valence-corrected chi connectivity index (χ2v) is 7.41. The average molecular weight is 291 g/mol. The molecule has 1 amide bonds. The van der Waals surface area contributed by atoms with E-state index in [1.165, 1.54) is 12.8 Å². The summed E-state index contributed by atoms with van der Waals surface area (Å²) in [5.41, 5.74) is 1.66. The van der Waals surface area contributed by atoms with Crippen LogP contribution in [0.3, 0.4) is 0 Å². The van der Waals surface area contributed by atoms with E-state index < -0.39 is 6.10 Å². The van der Waals surface area contributed by atoms with E-state index in [9.17, 15) is 9.90 Å². The van der Waals surface area contributed by atoms with E-state index in [1.54, 1.807) is 0 Å². The van der Waals surface area contributed by atoms with E-state index in [2.05, 4.69) is 19.2 Å². The van der Waals surface area contributed by atoms with Crippen molar-refractivity contribution in [3.05, 3.63) is 22.6 Å². The molecule has 0 aromatic carbocycles. The highest BCUT2D eigenvalue weighted by Crippen LogP contribution is 2.43. The number of hydrogen-bond donors (Lipinski definition) is 2. The SMILES string of the molecule is Cc1c(C(=O)NC2CCCC2)oc2c1[C@H](O)CC(C)(C)C2. The van der Waals surface area contributed by atoms with Crippen molar-refractivity contribution in [3.63, 3.8) is 0 Å². The van der Waals surface area contributed by atoms with Gasteiger partial charge in [0, 0.05) is 23.6 Å². The van der Waals surface area contributed by atoms with Crippen molar-refractivity contribution in [3.8, 4) is 0 Å². The number of carbonyl (C=O) groups is 1. The first kappa shape index (κ1) is 14.6. The molecule has 1 atom stereocenters. The minimum absolute atomic E-state index is 0.00983. The number of furan rings is 1. The maximum Gasteiger partial charge on any atom is 0.287 e. The molecular weight excluding hydrogens is 266 g/mol. The molecule has 0 bridgehead atoms. The molecule has 1 aromatic rings. The van der Waals surface area contributed by atoms with Gasteiger partial charge in [-0.25, -0.2) is 0 Å². The topological polar surface area (TPSA) is 62.5 Å². The minimum Gasteiger partial charge on any atom is -0.455 e. The summed E-state index contributed by atoms with van der Waals surface area (Å²) in [5, 5.41) is 13.4. The van der Waals surface area contributed by atoms with Crippen LogP contribution >= 0.6 is 0 Å². The lowest BCUT2D eigenvalue weighted by Gasteiger charge is -2.31. The van der Waals surface area contributed by atoms with Crippen LogP contribution < -0.4 is 5.32 Å². The highest BCUT2D eigenvalue weighted by Gasteiger charge is 2.37. The van der Waals surface area contributed by atoms with Gasteiger partial charge in [-0.05, 0) is 31.6 Å². The Labute approximate surface area is 125 Å². The van der Waals surface area contributed by atoms with Gasteiger partial charge >= 0.3 is 0 Å². The third-order valence-corrected chi connectivity index (χ3v) is 4.89. The van der Waals surface area contributed by atoms with Crippen LogP contribution in [-0.2, 0) is 6.42 Å². The van der Waals surface area contributed by atoms with Crippen molar-refractivity contribution in [2.45, 2.75) is 71.4 Å². The maximum atomic E-state index is 12.4. The second-order valence-electron chi connectivity index (χ2n) is 7.41. The van der Waals surface area contributed by atoms with Gasteiger partial charge in [0.25, 0.3) is 5.91 Å². The monoisotopic (exact) mass is 291 g/mol. The van der Waals surface area contributed by atoms with Crippen molar-refractivity contribution >= 4 is 5.91 Å².